The lowest BCUT2D eigenvalue weighted by molar-refractivity contribution is -1.02. The van der Waals surface area contributed by atoms with Gasteiger partial charge < -0.3 is 19.3 Å². The van der Waals surface area contributed by atoms with Crippen LogP contribution in [0.15, 0.2) is 18.2 Å². The molecule has 1 aromatic carbocycles. The summed E-state index contributed by atoms with van der Waals surface area (Å²) >= 11 is 0. The van der Waals surface area contributed by atoms with Crippen LogP contribution < -0.4 is 14.5 Å². The SMILES string of the molecule is COc1ccc(F)cc1C[NH+]1CC[NH+](CC(=O)N2CCOC2=O)CC1. The van der Waals surface area contributed by atoms with E-state index in [1.165, 1.54) is 26.8 Å². The predicted octanol–water partition coefficient (Wildman–Crippen LogP) is -1.90. The number of carbonyl (C=O) groups excluding carboxylic acids is 2. The molecular weight excluding hydrogens is 329 g/mol. The number of methoxy groups -OCH3 is 1. The van der Waals surface area contributed by atoms with Crippen LogP contribution in [0.5, 0.6) is 5.75 Å². The Balaban J connectivity index is 1.50. The molecule has 2 fully saturated rings. The number of nitrogens with zero attached hydrogens (tertiary/aromatic N) is 1. The second kappa shape index (κ2) is 7.79. The van der Waals surface area contributed by atoms with Gasteiger partial charge in [-0.2, -0.15) is 0 Å². The van der Waals surface area contributed by atoms with Gasteiger partial charge >= 0.3 is 6.09 Å². The number of hydrogen-bond donors (Lipinski definition) is 2. The molecule has 25 heavy (non-hydrogen) atoms. The van der Waals surface area contributed by atoms with Gasteiger partial charge in [0.1, 0.15) is 50.9 Å². The van der Waals surface area contributed by atoms with Gasteiger partial charge in [-0.05, 0) is 18.2 Å². The summed E-state index contributed by atoms with van der Waals surface area (Å²) in [6.07, 6.45) is -0.535. The number of imide groups is 1. The molecule has 2 heterocycles. The largest absolute Gasteiger partial charge is 0.496 e. The van der Waals surface area contributed by atoms with Crippen molar-refractivity contribution in [3.63, 3.8) is 0 Å². The van der Waals surface area contributed by atoms with Crippen molar-refractivity contribution < 1.29 is 33.3 Å². The third-order valence-corrected chi connectivity index (χ3v) is 4.81. The van der Waals surface area contributed by atoms with Crippen molar-refractivity contribution in [2.24, 2.45) is 0 Å². The maximum atomic E-state index is 13.5. The Labute approximate surface area is 145 Å². The van der Waals surface area contributed by atoms with Gasteiger partial charge in [0.05, 0.1) is 19.2 Å². The van der Waals surface area contributed by atoms with E-state index in [0.717, 1.165) is 31.7 Å². The Hall–Kier alpha value is -2.19. The molecule has 2 aliphatic heterocycles. The molecule has 0 atom stereocenters. The van der Waals surface area contributed by atoms with E-state index in [9.17, 15) is 14.0 Å². The zero-order valence-corrected chi connectivity index (χ0v) is 14.3. The minimum absolute atomic E-state index is 0.173. The van der Waals surface area contributed by atoms with Gasteiger partial charge in [-0.15, -0.1) is 0 Å². The van der Waals surface area contributed by atoms with Crippen molar-refractivity contribution in [3.05, 3.63) is 29.6 Å². The second-order valence-electron chi connectivity index (χ2n) is 6.47. The predicted molar refractivity (Wildman–Crippen MR) is 86.0 cm³/mol. The number of amides is 2. The van der Waals surface area contributed by atoms with Crippen molar-refractivity contribution in [1.82, 2.24) is 4.90 Å². The molecule has 0 radical (unpaired) electrons. The first kappa shape index (κ1) is 17.6. The van der Waals surface area contributed by atoms with Crippen molar-refractivity contribution >= 4 is 12.0 Å². The zero-order chi connectivity index (χ0) is 17.8. The monoisotopic (exact) mass is 353 g/mol. The molecule has 0 bridgehead atoms. The third kappa shape index (κ3) is 4.26. The maximum absolute atomic E-state index is 13.5. The van der Waals surface area contributed by atoms with Crippen LogP contribution in [0.1, 0.15) is 5.56 Å². The highest BCUT2D eigenvalue weighted by Crippen LogP contribution is 2.18. The fraction of sp³-hybridized carbons (Fsp3) is 0.529. The molecule has 136 valence electrons. The molecule has 0 aliphatic carbocycles. The van der Waals surface area contributed by atoms with Crippen LogP contribution in [0.25, 0.3) is 0 Å². The summed E-state index contributed by atoms with van der Waals surface area (Å²) < 4.78 is 23.6. The van der Waals surface area contributed by atoms with E-state index < -0.39 is 6.09 Å². The second-order valence-corrected chi connectivity index (χ2v) is 6.47. The van der Waals surface area contributed by atoms with Crippen LogP contribution in [0.4, 0.5) is 9.18 Å². The molecule has 2 saturated heterocycles. The maximum Gasteiger partial charge on any atom is 0.416 e. The Morgan fingerprint density at radius 2 is 2.00 bits per heavy atom. The minimum atomic E-state index is -0.535. The van der Waals surface area contributed by atoms with Crippen molar-refractivity contribution in [3.8, 4) is 5.75 Å². The summed E-state index contributed by atoms with van der Waals surface area (Å²) in [5.41, 5.74) is 0.858. The molecule has 0 spiro atoms. The van der Waals surface area contributed by atoms with E-state index in [4.69, 9.17) is 9.47 Å². The number of benzene rings is 1. The number of carbonyl (C=O) groups is 2. The van der Waals surface area contributed by atoms with Crippen molar-refractivity contribution in [2.75, 3.05) is 53.0 Å². The fourth-order valence-corrected chi connectivity index (χ4v) is 3.39. The molecule has 0 saturated carbocycles. The first-order chi connectivity index (χ1) is 12.1. The number of rotatable bonds is 5. The zero-order valence-electron chi connectivity index (χ0n) is 14.3. The third-order valence-electron chi connectivity index (χ3n) is 4.81. The van der Waals surface area contributed by atoms with Crippen molar-refractivity contribution in [1.29, 1.82) is 0 Å². The quantitative estimate of drug-likeness (QED) is 0.649. The molecule has 2 amide bonds. The Kier molecular flexibility index (Phi) is 5.50. The van der Waals surface area contributed by atoms with E-state index in [1.54, 1.807) is 13.2 Å². The molecule has 0 aromatic heterocycles. The Bertz CT molecular complexity index is 647. The average Bonchev–Trinajstić information content (AvgIpc) is 3.03. The van der Waals surface area contributed by atoms with Crippen LogP contribution in [0.2, 0.25) is 0 Å². The van der Waals surface area contributed by atoms with Crippen molar-refractivity contribution in [2.45, 2.75) is 6.54 Å². The van der Waals surface area contributed by atoms with Gasteiger partial charge in [-0.1, -0.05) is 0 Å². The van der Waals surface area contributed by atoms with E-state index in [1.807, 2.05) is 0 Å². The summed E-state index contributed by atoms with van der Waals surface area (Å²) in [7, 11) is 1.59. The van der Waals surface area contributed by atoms with Crippen LogP contribution in [0.3, 0.4) is 0 Å². The van der Waals surface area contributed by atoms with Gasteiger partial charge in [0.25, 0.3) is 5.91 Å². The average molecular weight is 353 g/mol. The fourth-order valence-electron chi connectivity index (χ4n) is 3.39. The lowest BCUT2D eigenvalue weighted by Crippen LogP contribution is -3.28. The molecule has 2 N–H and O–H groups in total. The smallest absolute Gasteiger partial charge is 0.416 e. The van der Waals surface area contributed by atoms with Crippen LogP contribution in [-0.4, -0.2) is 69.9 Å². The number of cyclic esters (lactones) is 1. The number of nitrogens with one attached hydrogen (secondary N) is 2. The molecule has 2 aliphatic rings. The highest BCUT2D eigenvalue weighted by atomic mass is 19.1. The molecule has 8 heteroatoms. The Morgan fingerprint density at radius 3 is 2.64 bits per heavy atom. The number of halogens is 1. The number of piperazine rings is 1. The molecule has 0 unspecified atom stereocenters. The lowest BCUT2D eigenvalue weighted by Gasteiger charge is -2.30. The van der Waals surface area contributed by atoms with E-state index >= 15 is 0 Å². The van der Waals surface area contributed by atoms with Crippen LogP contribution in [-0.2, 0) is 16.1 Å². The highest BCUT2D eigenvalue weighted by molar-refractivity contribution is 5.93. The normalized spacial score (nSPS) is 23.4. The number of quaternary nitrogens is 2. The standard InChI is InChI=1S/C17H22FN3O4/c1-24-15-3-2-14(18)10-13(15)11-19-4-6-20(7-5-19)12-16(22)21-8-9-25-17(21)23/h2-3,10H,4-9,11-12H2,1H3/p+2. The molecule has 1 aromatic rings. The van der Waals surface area contributed by atoms with Crippen LogP contribution in [0, 0.1) is 5.82 Å². The molecular formula is C17H24FN3O4+2. The first-order valence-electron chi connectivity index (χ1n) is 8.53. The van der Waals surface area contributed by atoms with E-state index in [-0.39, 0.29) is 18.3 Å². The number of ether oxygens (including phenoxy) is 2. The van der Waals surface area contributed by atoms with Gasteiger partial charge in [0.15, 0.2) is 6.54 Å². The summed E-state index contributed by atoms with van der Waals surface area (Å²) in [6.45, 7) is 5.07. The number of hydrogen-bond acceptors (Lipinski definition) is 4. The van der Waals surface area contributed by atoms with E-state index in [2.05, 4.69) is 0 Å². The lowest BCUT2D eigenvalue weighted by atomic mass is 10.1. The summed E-state index contributed by atoms with van der Waals surface area (Å²) in [4.78, 5) is 27.3. The Morgan fingerprint density at radius 1 is 1.28 bits per heavy atom. The van der Waals surface area contributed by atoms with Crippen LogP contribution >= 0.6 is 0 Å². The first-order valence-corrected chi connectivity index (χ1v) is 8.53. The minimum Gasteiger partial charge on any atom is -0.496 e. The topological polar surface area (TPSA) is 64.7 Å². The van der Waals surface area contributed by atoms with Gasteiger partial charge in [-0.25, -0.2) is 14.1 Å². The van der Waals surface area contributed by atoms with Gasteiger partial charge in [0, 0.05) is 0 Å². The summed E-state index contributed by atoms with van der Waals surface area (Å²) in [5.74, 6) is 0.265. The van der Waals surface area contributed by atoms with Gasteiger partial charge in [0.2, 0.25) is 0 Å². The van der Waals surface area contributed by atoms with Gasteiger partial charge in [-0.3, -0.25) is 4.79 Å². The highest BCUT2D eigenvalue weighted by Gasteiger charge is 2.33. The van der Waals surface area contributed by atoms with E-state index in [0.29, 0.717) is 25.4 Å². The summed E-state index contributed by atoms with van der Waals surface area (Å²) in [5, 5.41) is 0. The summed E-state index contributed by atoms with van der Waals surface area (Å²) in [6, 6.07) is 4.57. The molecule has 7 nitrogen and oxygen atoms in total. The molecule has 3 rings (SSSR count).